The van der Waals surface area contributed by atoms with E-state index in [0.29, 0.717) is 12.5 Å². The lowest BCUT2D eigenvalue weighted by Crippen LogP contribution is -2.27. The van der Waals surface area contributed by atoms with E-state index >= 15 is 0 Å². The molecule has 1 aliphatic heterocycles. The van der Waals surface area contributed by atoms with Crippen LogP contribution in [0.2, 0.25) is 0 Å². The summed E-state index contributed by atoms with van der Waals surface area (Å²) in [5.74, 6) is 0.888. The zero-order chi connectivity index (χ0) is 12.5. The molecular weight excluding hydrogens is 224 g/mol. The Bertz CT molecular complexity index is 462. The van der Waals surface area contributed by atoms with Crippen molar-refractivity contribution >= 4 is 11.6 Å². The second-order valence-corrected chi connectivity index (χ2v) is 5.70. The Balaban J connectivity index is 1.67. The molecule has 0 spiro atoms. The highest BCUT2D eigenvalue weighted by Crippen LogP contribution is 2.29. The third-order valence-corrected chi connectivity index (χ3v) is 4.21. The van der Waals surface area contributed by atoms with Crippen LogP contribution in [0.5, 0.6) is 0 Å². The first-order valence-electron chi connectivity index (χ1n) is 6.88. The Kier molecular flexibility index (Phi) is 3.08. The van der Waals surface area contributed by atoms with Gasteiger partial charge in [-0.15, -0.1) is 0 Å². The molecule has 2 aliphatic rings. The van der Waals surface area contributed by atoms with E-state index in [-0.39, 0.29) is 5.91 Å². The second kappa shape index (κ2) is 4.73. The van der Waals surface area contributed by atoms with E-state index in [1.54, 1.807) is 0 Å². The van der Waals surface area contributed by atoms with Crippen molar-refractivity contribution in [3.8, 4) is 0 Å². The predicted octanol–water partition coefficient (Wildman–Crippen LogP) is 2.24. The average molecular weight is 244 g/mol. The van der Waals surface area contributed by atoms with Crippen molar-refractivity contribution < 1.29 is 4.79 Å². The third kappa shape index (κ3) is 2.41. The zero-order valence-electron chi connectivity index (χ0n) is 10.6. The molecule has 1 saturated carbocycles. The molecule has 0 aromatic heterocycles. The zero-order valence-corrected chi connectivity index (χ0v) is 10.6. The number of nitrogens with two attached hydrogens (primary N) is 1. The highest BCUT2D eigenvalue weighted by atomic mass is 16.1. The number of hydrogen-bond acceptors (Lipinski definition) is 2. The van der Waals surface area contributed by atoms with E-state index in [4.69, 9.17) is 5.73 Å². The van der Waals surface area contributed by atoms with Crippen LogP contribution in [-0.4, -0.2) is 11.9 Å². The maximum absolute atomic E-state index is 11.3. The van der Waals surface area contributed by atoms with Gasteiger partial charge >= 0.3 is 0 Å². The molecule has 1 aliphatic carbocycles. The quantitative estimate of drug-likeness (QED) is 0.838. The molecule has 0 atom stereocenters. The van der Waals surface area contributed by atoms with Gasteiger partial charge in [0.25, 0.3) is 0 Å². The fourth-order valence-electron chi connectivity index (χ4n) is 3.14. The summed E-state index contributed by atoms with van der Waals surface area (Å²) in [7, 11) is 0. The predicted molar refractivity (Wildman–Crippen MR) is 72.4 cm³/mol. The van der Waals surface area contributed by atoms with Crippen LogP contribution in [0.25, 0.3) is 0 Å². The number of hydrogen-bond donors (Lipinski definition) is 2. The molecule has 1 heterocycles. The summed E-state index contributed by atoms with van der Waals surface area (Å²) >= 11 is 0. The smallest absolute Gasteiger partial charge is 0.228 e. The average Bonchev–Trinajstić information content (AvgIpc) is 2.71. The van der Waals surface area contributed by atoms with Gasteiger partial charge in [0, 0.05) is 11.7 Å². The van der Waals surface area contributed by atoms with Crippen LogP contribution in [0.1, 0.15) is 36.8 Å². The normalized spacial score (nSPS) is 26.8. The Labute approximate surface area is 108 Å². The van der Waals surface area contributed by atoms with E-state index in [2.05, 4.69) is 17.4 Å². The van der Waals surface area contributed by atoms with Crippen molar-refractivity contribution in [1.29, 1.82) is 0 Å². The van der Waals surface area contributed by atoms with Crippen molar-refractivity contribution in [1.82, 2.24) is 0 Å². The van der Waals surface area contributed by atoms with Gasteiger partial charge in [-0.05, 0) is 55.2 Å². The second-order valence-electron chi connectivity index (χ2n) is 5.70. The van der Waals surface area contributed by atoms with Crippen LogP contribution >= 0.6 is 0 Å². The summed E-state index contributed by atoms with van der Waals surface area (Å²) in [6, 6.07) is 6.81. The van der Waals surface area contributed by atoms with Gasteiger partial charge in [0.15, 0.2) is 0 Å². The molecule has 3 heteroatoms. The Morgan fingerprint density at radius 2 is 2.00 bits per heavy atom. The SMILES string of the molecule is NC1CCC(Cc2ccc3c(c2)CC(=O)N3)CC1. The molecule has 3 N–H and O–H groups in total. The fraction of sp³-hybridized carbons (Fsp3) is 0.533. The molecule has 0 unspecified atom stereocenters. The third-order valence-electron chi connectivity index (χ3n) is 4.21. The Morgan fingerprint density at radius 3 is 2.78 bits per heavy atom. The van der Waals surface area contributed by atoms with Gasteiger partial charge in [0.05, 0.1) is 6.42 Å². The van der Waals surface area contributed by atoms with Gasteiger partial charge < -0.3 is 11.1 Å². The Hall–Kier alpha value is -1.35. The molecular formula is C15H20N2O. The van der Waals surface area contributed by atoms with Crippen LogP contribution in [0.15, 0.2) is 18.2 Å². The number of anilines is 1. The molecule has 1 fully saturated rings. The van der Waals surface area contributed by atoms with Gasteiger partial charge in [-0.25, -0.2) is 0 Å². The molecule has 3 nitrogen and oxygen atoms in total. The number of nitrogens with one attached hydrogen (secondary N) is 1. The van der Waals surface area contributed by atoms with Crippen molar-refractivity contribution in [2.75, 3.05) is 5.32 Å². The van der Waals surface area contributed by atoms with Crippen LogP contribution in [0.4, 0.5) is 5.69 Å². The first-order chi connectivity index (χ1) is 8.70. The van der Waals surface area contributed by atoms with E-state index in [0.717, 1.165) is 36.4 Å². The number of carbonyl (C=O) groups excluding carboxylic acids is 1. The van der Waals surface area contributed by atoms with Crippen LogP contribution in [-0.2, 0) is 17.6 Å². The largest absolute Gasteiger partial charge is 0.328 e. The van der Waals surface area contributed by atoms with Crippen molar-refractivity contribution in [2.24, 2.45) is 11.7 Å². The van der Waals surface area contributed by atoms with Crippen molar-refractivity contribution in [2.45, 2.75) is 44.6 Å². The molecule has 18 heavy (non-hydrogen) atoms. The monoisotopic (exact) mass is 244 g/mol. The minimum atomic E-state index is 0.116. The van der Waals surface area contributed by atoms with Gasteiger partial charge in [-0.2, -0.15) is 0 Å². The lowest BCUT2D eigenvalue weighted by Gasteiger charge is -2.26. The number of benzene rings is 1. The van der Waals surface area contributed by atoms with Crippen LogP contribution in [0.3, 0.4) is 0 Å². The van der Waals surface area contributed by atoms with Gasteiger partial charge in [0.2, 0.25) is 5.91 Å². The summed E-state index contributed by atoms with van der Waals surface area (Å²) in [6.45, 7) is 0. The lowest BCUT2D eigenvalue weighted by atomic mass is 9.82. The van der Waals surface area contributed by atoms with Crippen molar-refractivity contribution in [3.63, 3.8) is 0 Å². The molecule has 3 rings (SSSR count). The number of amides is 1. The fourth-order valence-corrected chi connectivity index (χ4v) is 3.14. The number of rotatable bonds is 2. The summed E-state index contributed by atoms with van der Waals surface area (Å²) in [6.07, 6.45) is 6.49. The van der Waals surface area contributed by atoms with E-state index in [9.17, 15) is 4.79 Å². The van der Waals surface area contributed by atoms with E-state index in [1.807, 2.05) is 6.07 Å². The number of fused-ring (bicyclic) bond motifs is 1. The van der Waals surface area contributed by atoms with Gasteiger partial charge in [0.1, 0.15) is 0 Å². The standard InChI is InChI=1S/C15H20N2O/c16-13-4-1-10(2-5-13)7-11-3-6-14-12(8-11)9-15(18)17-14/h3,6,8,10,13H,1-2,4-5,7,9,16H2,(H,17,18). The molecule has 0 bridgehead atoms. The molecule has 1 aromatic carbocycles. The summed E-state index contributed by atoms with van der Waals surface area (Å²) in [5.41, 5.74) is 9.45. The lowest BCUT2D eigenvalue weighted by molar-refractivity contribution is -0.115. The minimum absolute atomic E-state index is 0.116. The maximum atomic E-state index is 11.3. The van der Waals surface area contributed by atoms with Gasteiger partial charge in [-0.1, -0.05) is 12.1 Å². The summed E-state index contributed by atoms with van der Waals surface area (Å²) in [5, 5.41) is 2.88. The molecule has 1 amide bonds. The Morgan fingerprint density at radius 1 is 1.22 bits per heavy atom. The first-order valence-corrected chi connectivity index (χ1v) is 6.88. The topological polar surface area (TPSA) is 55.1 Å². The molecule has 0 saturated heterocycles. The number of carbonyl (C=O) groups is 1. The highest BCUT2D eigenvalue weighted by Gasteiger charge is 2.21. The highest BCUT2D eigenvalue weighted by molar-refractivity contribution is 5.99. The maximum Gasteiger partial charge on any atom is 0.228 e. The first kappa shape index (κ1) is 11.7. The van der Waals surface area contributed by atoms with Gasteiger partial charge in [-0.3, -0.25) is 4.79 Å². The molecule has 1 aromatic rings. The van der Waals surface area contributed by atoms with Crippen LogP contribution in [0, 0.1) is 5.92 Å². The molecule has 96 valence electrons. The van der Waals surface area contributed by atoms with E-state index in [1.165, 1.54) is 18.4 Å². The van der Waals surface area contributed by atoms with Crippen LogP contribution < -0.4 is 11.1 Å². The van der Waals surface area contributed by atoms with E-state index < -0.39 is 0 Å². The summed E-state index contributed by atoms with van der Waals surface area (Å²) in [4.78, 5) is 11.3. The molecule has 0 radical (unpaired) electrons. The summed E-state index contributed by atoms with van der Waals surface area (Å²) < 4.78 is 0. The van der Waals surface area contributed by atoms with Crippen molar-refractivity contribution in [3.05, 3.63) is 29.3 Å². The minimum Gasteiger partial charge on any atom is -0.328 e.